The minimum Gasteiger partial charge on any atom is -0.286 e. The van der Waals surface area contributed by atoms with Crippen molar-refractivity contribution in [1.82, 2.24) is 0 Å². The first kappa shape index (κ1) is 27.1. The van der Waals surface area contributed by atoms with Gasteiger partial charge >= 0.3 is 0 Å². The highest BCUT2D eigenvalue weighted by Gasteiger charge is 2.58. The summed E-state index contributed by atoms with van der Waals surface area (Å²) in [7, 11) is 0. The Labute approximate surface area is 220 Å². The Kier molecular flexibility index (Phi) is 9.26. The zero-order valence-electron chi connectivity index (χ0n) is 22.5. The molecule has 4 rings (SSSR count). The summed E-state index contributed by atoms with van der Waals surface area (Å²) >= 11 is 7.80. The number of rotatable bonds is 10. The van der Waals surface area contributed by atoms with Gasteiger partial charge in [0, 0.05) is 5.25 Å². The maximum absolute atomic E-state index is 12.5. The zero-order valence-corrected chi connectivity index (χ0v) is 24.1. The minimum atomic E-state index is -0.314. The van der Waals surface area contributed by atoms with Gasteiger partial charge in [-0.2, -0.15) is 0 Å². The van der Waals surface area contributed by atoms with Crippen molar-refractivity contribution in [3.63, 3.8) is 0 Å². The Hall–Kier alpha value is 0.0500. The predicted octanol–water partition coefficient (Wildman–Crippen LogP) is 9.96. The van der Waals surface area contributed by atoms with Gasteiger partial charge in [-0.15, -0.1) is 11.6 Å². The number of carbonyl (C=O) groups is 1. The van der Waals surface area contributed by atoms with Crippen LogP contribution < -0.4 is 0 Å². The van der Waals surface area contributed by atoms with E-state index in [1.165, 1.54) is 89.9 Å². The standard InChI is InChI=1S/C31H51ClOS/c1-5-7-8-9-10-11-12-22-14-16-26-25-15-13-23-21-24(34-29(33)28(32)6-2)17-19-31(23,4)27(25)18-20-30(22,26)3/h13,22,24-28H,5-12,14-21H2,1-4H3. The summed E-state index contributed by atoms with van der Waals surface area (Å²) in [5.41, 5.74) is 2.67. The van der Waals surface area contributed by atoms with Crippen LogP contribution in [0.15, 0.2) is 11.6 Å². The summed E-state index contributed by atoms with van der Waals surface area (Å²) in [6, 6.07) is 0. The van der Waals surface area contributed by atoms with Crippen LogP contribution in [0.2, 0.25) is 0 Å². The number of halogens is 1. The van der Waals surface area contributed by atoms with E-state index < -0.39 is 0 Å². The molecule has 194 valence electrons. The van der Waals surface area contributed by atoms with E-state index in [1.807, 2.05) is 6.92 Å². The van der Waals surface area contributed by atoms with Crippen molar-refractivity contribution in [2.45, 2.75) is 141 Å². The quantitative estimate of drug-likeness (QED) is 0.166. The van der Waals surface area contributed by atoms with Crippen molar-refractivity contribution < 1.29 is 4.79 Å². The van der Waals surface area contributed by atoms with Crippen LogP contribution in [-0.4, -0.2) is 15.7 Å². The monoisotopic (exact) mass is 506 g/mol. The van der Waals surface area contributed by atoms with E-state index in [0.717, 1.165) is 36.5 Å². The van der Waals surface area contributed by atoms with E-state index in [-0.39, 0.29) is 10.5 Å². The van der Waals surface area contributed by atoms with Crippen LogP contribution in [0.1, 0.15) is 130 Å². The molecule has 3 fully saturated rings. The minimum absolute atomic E-state index is 0.197. The van der Waals surface area contributed by atoms with Gasteiger partial charge in [0.1, 0.15) is 5.38 Å². The van der Waals surface area contributed by atoms with E-state index in [2.05, 4.69) is 26.8 Å². The highest BCUT2D eigenvalue weighted by atomic mass is 35.5. The van der Waals surface area contributed by atoms with E-state index in [1.54, 1.807) is 17.3 Å². The number of carbonyl (C=O) groups excluding carboxylic acids is 1. The van der Waals surface area contributed by atoms with Gasteiger partial charge in [0.2, 0.25) is 5.12 Å². The topological polar surface area (TPSA) is 17.1 Å². The van der Waals surface area contributed by atoms with Gasteiger partial charge in [-0.05, 0) is 98.7 Å². The second-order valence-electron chi connectivity index (χ2n) is 12.8. The maximum Gasteiger partial charge on any atom is 0.207 e. The Balaban J connectivity index is 1.37. The van der Waals surface area contributed by atoms with Crippen LogP contribution in [0.4, 0.5) is 0 Å². The van der Waals surface area contributed by atoms with Crippen molar-refractivity contribution >= 4 is 28.5 Å². The van der Waals surface area contributed by atoms with Crippen LogP contribution in [-0.2, 0) is 4.79 Å². The first-order valence-corrected chi connectivity index (χ1v) is 16.2. The third kappa shape index (κ3) is 5.34. The number of hydrogen-bond acceptors (Lipinski definition) is 2. The molecule has 0 aliphatic heterocycles. The molecule has 8 atom stereocenters. The molecule has 3 saturated carbocycles. The molecule has 34 heavy (non-hydrogen) atoms. The van der Waals surface area contributed by atoms with Crippen LogP contribution in [0.3, 0.4) is 0 Å². The van der Waals surface area contributed by atoms with Gasteiger partial charge in [0.05, 0.1) is 0 Å². The van der Waals surface area contributed by atoms with E-state index >= 15 is 0 Å². The summed E-state index contributed by atoms with van der Waals surface area (Å²) in [5, 5.41) is 0.326. The summed E-state index contributed by atoms with van der Waals surface area (Å²) in [6.45, 7) is 9.62. The molecular formula is C31H51ClOS. The Morgan fingerprint density at radius 2 is 1.79 bits per heavy atom. The van der Waals surface area contributed by atoms with Gasteiger partial charge in [0.15, 0.2) is 0 Å². The number of hydrogen-bond donors (Lipinski definition) is 0. The van der Waals surface area contributed by atoms with Gasteiger partial charge in [0.25, 0.3) is 0 Å². The normalized spacial score (nSPS) is 40.1. The van der Waals surface area contributed by atoms with Crippen molar-refractivity contribution in [2.75, 3.05) is 0 Å². The molecular weight excluding hydrogens is 456 g/mol. The third-order valence-electron chi connectivity index (χ3n) is 11.1. The Bertz CT molecular complexity index is 733. The molecule has 1 nitrogen and oxygen atoms in total. The molecule has 8 unspecified atom stereocenters. The number of fused-ring (bicyclic) bond motifs is 5. The average molecular weight is 507 g/mol. The number of unbranched alkanes of at least 4 members (excludes halogenated alkanes) is 5. The first-order chi connectivity index (χ1) is 16.3. The molecule has 0 amide bonds. The summed E-state index contributed by atoms with van der Waals surface area (Å²) in [4.78, 5) is 12.5. The lowest BCUT2D eigenvalue weighted by molar-refractivity contribution is -0.110. The number of alkyl halides is 1. The highest BCUT2D eigenvalue weighted by Crippen LogP contribution is 2.67. The molecule has 0 spiro atoms. The van der Waals surface area contributed by atoms with Crippen molar-refractivity contribution in [3.8, 4) is 0 Å². The molecule has 4 aliphatic carbocycles. The smallest absolute Gasteiger partial charge is 0.207 e. The van der Waals surface area contributed by atoms with Crippen LogP contribution in [0.25, 0.3) is 0 Å². The first-order valence-electron chi connectivity index (χ1n) is 14.9. The van der Waals surface area contributed by atoms with Crippen molar-refractivity contribution in [3.05, 3.63) is 11.6 Å². The molecule has 0 N–H and O–H groups in total. The molecule has 0 aromatic rings. The number of thioether (sulfide) groups is 1. The molecule has 3 heteroatoms. The lowest BCUT2D eigenvalue weighted by atomic mass is 9.47. The average Bonchev–Trinajstić information content (AvgIpc) is 3.17. The molecule has 0 radical (unpaired) electrons. The molecule has 4 aliphatic rings. The van der Waals surface area contributed by atoms with Crippen LogP contribution in [0.5, 0.6) is 0 Å². The molecule has 0 aromatic heterocycles. The van der Waals surface area contributed by atoms with Crippen LogP contribution in [0, 0.1) is 34.5 Å². The fourth-order valence-electron chi connectivity index (χ4n) is 8.89. The fraction of sp³-hybridized carbons (Fsp3) is 0.903. The maximum atomic E-state index is 12.5. The van der Waals surface area contributed by atoms with E-state index in [0.29, 0.717) is 16.1 Å². The Morgan fingerprint density at radius 3 is 2.56 bits per heavy atom. The van der Waals surface area contributed by atoms with Crippen LogP contribution >= 0.6 is 23.4 Å². The van der Waals surface area contributed by atoms with Gasteiger partial charge in [-0.1, -0.05) is 89.6 Å². The third-order valence-corrected chi connectivity index (χ3v) is 12.9. The van der Waals surface area contributed by atoms with Gasteiger partial charge < -0.3 is 0 Å². The SMILES string of the molecule is CCCCCCCCC1CCC2C3CC=C4CC(SC(=O)C(Cl)CC)CCC4(C)C3CCC12C. The van der Waals surface area contributed by atoms with E-state index in [4.69, 9.17) is 11.6 Å². The number of allylic oxidation sites excluding steroid dienone is 2. The van der Waals surface area contributed by atoms with Gasteiger partial charge in [-0.3, -0.25) is 4.79 Å². The lowest BCUT2D eigenvalue weighted by Gasteiger charge is -2.58. The fourth-order valence-corrected chi connectivity index (χ4v) is 10.2. The molecule has 0 heterocycles. The highest BCUT2D eigenvalue weighted by molar-refractivity contribution is 8.14. The molecule has 0 bridgehead atoms. The molecule has 0 aromatic carbocycles. The largest absolute Gasteiger partial charge is 0.286 e. The summed E-state index contributed by atoms with van der Waals surface area (Å²) in [6.07, 6.45) is 24.2. The van der Waals surface area contributed by atoms with Gasteiger partial charge in [-0.25, -0.2) is 0 Å². The van der Waals surface area contributed by atoms with E-state index in [9.17, 15) is 4.79 Å². The second-order valence-corrected chi connectivity index (χ2v) is 14.6. The Morgan fingerprint density at radius 1 is 1.03 bits per heavy atom. The summed E-state index contributed by atoms with van der Waals surface area (Å²) in [5.74, 6) is 3.70. The molecule has 0 saturated heterocycles. The predicted molar refractivity (Wildman–Crippen MR) is 150 cm³/mol. The summed E-state index contributed by atoms with van der Waals surface area (Å²) < 4.78 is 0. The van der Waals surface area contributed by atoms with Crippen molar-refractivity contribution in [1.29, 1.82) is 0 Å². The zero-order chi connectivity index (χ0) is 24.3. The lowest BCUT2D eigenvalue weighted by Crippen LogP contribution is -2.50. The second kappa shape index (κ2) is 11.6. The van der Waals surface area contributed by atoms with Crippen molar-refractivity contribution in [2.24, 2.45) is 34.5 Å².